The fourth-order valence-electron chi connectivity index (χ4n) is 1.74. The van der Waals surface area contributed by atoms with Gasteiger partial charge in [-0.2, -0.15) is 13.2 Å². The van der Waals surface area contributed by atoms with Gasteiger partial charge < -0.3 is 0 Å². The quantitative estimate of drug-likeness (QED) is 0.683. The Morgan fingerprint density at radius 2 is 2.14 bits per heavy atom. The number of alkyl halides is 3. The molecule has 0 radical (unpaired) electrons. The molecule has 3 heterocycles. The van der Waals surface area contributed by atoms with Crippen molar-refractivity contribution in [1.29, 1.82) is 0 Å². The van der Waals surface area contributed by atoms with Crippen LogP contribution >= 0.6 is 23.1 Å². The Hall–Kier alpha value is -1.87. The summed E-state index contributed by atoms with van der Waals surface area (Å²) in [5.74, 6) is 0.363. The zero-order chi connectivity index (χ0) is 15.7. The maximum absolute atomic E-state index is 12.4. The standard InChI is InChI=1S/C13H8F3N3OS2/c14-13(15,16)8-1-2-10(17-6-8)22-7-9-5-11(20)19-3-4-21-12(19)18-9/h1-6H,7H2. The number of halogens is 3. The van der Waals surface area contributed by atoms with E-state index in [1.165, 1.54) is 39.6 Å². The van der Waals surface area contributed by atoms with Crippen molar-refractivity contribution in [3.05, 3.63) is 57.6 Å². The lowest BCUT2D eigenvalue weighted by Gasteiger charge is -2.06. The highest BCUT2D eigenvalue weighted by Crippen LogP contribution is 2.30. The van der Waals surface area contributed by atoms with Crippen molar-refractivity contribution in [1.82, 2.24) is 14.4 Å². The molecule has 0 aromatic carbocycles. The van der Waals surface area contributed by atoms with Gasteiger partial charge in [-0.05, 0) is 12.1 Å². The van der Waals surface area contributed by atoms with Crippen LogP contribution in [-0.4, -0.2) is 14.4 Å². The molecule has 0 fully saturated rings. The molecule has 0 amide bonds. The highest BCUT2D eigenvalue weighted by molar-refractivity contribution is 7.98. The minimum Gasteiger partial charge on any atom is -0.269 e. The molecule has 0 aliphatic heterocycles. The summed E-state index contributed by atoms with van der Waals surface area (Å²) in [4.78, 5) is 20.5. The number of aromatic nitrogens is 3. The molecule has 3 aromatic rings. The van der Waals surface area contributed by atoms with Gasteiger partial charge in [0, 0.05) is 29.6 Å². The van der Waals surface area contributed by atoms with Crippen LogP contribution in [0.15, 0.2) is 45.8 Å². The Bertz CT molecular complexity index is 855. The lowest BCUT2D eigenvalue weighted by atomic mass is 10.3. The molecule has 9 heteroatoms. The number of nitrogens with zero attached hydrogens (tertiary/aromatic N) is 3. The summed E-state index contributed by atoms with van der Waals surface area (Å²) in [7, 11) is 0. The molecule has 22 heavy (non-hydrogen) atoms. The van der Waals surface area contributed by atoms with Crippen LogP contribution in [0.1, 0.15) is 11.3 Å². The Morgan fingerprint density at radius 3 is 2.82 bits per heavy atom. The van der Waals surface area contributed by atoms with E-state index < -0.39 is 11.7 Å². The molecule has 0 aliphatic rings. The summed E-state index contributed by atoms with van der Waals surface area (Å²) in [6, 6.07) is 3.71. The predicted molar refractivity (Wildman–Crippen MR) is 78.1 cm³/mol. The van der Waals surface area contributed by atoms with Gasteiger partial charge in [-0.25, -0.2) is 9.97 Å². The topological polar surface area (TPSA) is 47.3 Å². The van der Waals surface area contributed by atoms with Crippen LogP contribution in [0.5, 0.6) is 0 Å². The van der Waals surface area contributed by atoms with Crippen LogP contribution in [0, 0.1) is 0 Å². The first-order chi connectivity index (χ1) is 10.4. The van der Waals surface area contributed by atoms with Crippen LogP contribution in [0.3, 0.4) is 0 Å². The molecule has 0 spiro atoms. The fraction of sp³-hybridized carbons (Fsp3) is 0.154. The number of thiazole rings is 1. The largest absolute Gasteiger partial charge is 0.417 e. The lowest BCUT2D eigenvalue weighted by Crippen LogP contribution is -2.12. The molecule has 0 N–H and O–H groups in total. The van der Waals surface area contributed by atoms with Crippen molar-refractivity contribution in [3.8, 4) is 0 Å². The average molecular weight is 343 g/mol. The predicted octanol–water partition coefficient (Wildman–Crippen LogP) is 3.46. The molecule has 114 valence electrons. The monoisotopic (exact) mass is 343 g/mol. The van der Waals surface area contributed by atoms with E-state index in [-0.39, 0.29) is 5.56 Å². The van der Waals surface area contributed by atoms with Crippen molar-refractivity contribution in [3.63, 3.8) is 0 Å². The SMILES string of the molecule is O=c1cc(CSc2ccc(C(F)(F)F)cn2)nc2sccn12. The fourth-order valence-corrected chi connectivity index (χ4v) is 3.22. The third-order valence-electron chi connectivity index (χ3n) is 2.79. The number of fused-ring (bicyclic) bond motifs is 1. The van der Waals surface area contributed by atoms with Crippen molar-refractivity contribution in [2.75, 3.05) is 0 Å². The van der Waals surface area contributed by atoms with Gasteiger partial charge >= 0.3 is 6.18 Å². The Balaban J connectivity index is 1.75. The molecule has 3 aromatic heterocycles. The first kappa shape index (κ1) is 15.0. The van der Waals surface area contributed by atoms with Gasteiger partial charge in [-0.1, -0.05) is 0 Å². The second-order valence-electron chi connectivity index (χ2n) is 4.31. The highest BCUT2D eigenvalue weighted by atomic mass is 32.2. The first-order valence-electron chi connectivity index (χ1n) is 6.05. The van der Waals surface area contributed by atoms with Crippen molar-refractivity contribution < 1.29 is 13.2 Å². The Labute approximate surface area is 130 Å². The zero-order valence-electron chi connectivity index (χ0n) is 10.9. The summed E-state index contributed by atoms with van der Waals surface area (Å²) in [6.07, 6.45) is -1.95. The smallest absolute Gasteiger partial charge is 0.269 e. The second kappa shape index (κ2) is 5.73. The van der Waals surface area contributed by atoms with E-state index >= 15 is 0 Å². The summed E-state index contributed by atoms with van der Waals surface area (Å²) in [6.45, 7) is 0. The van der Waals surface area contributed by atoms with E-state index in [4.69, 9.17) is 0 Å². The van der Waals surface area contributed by atoms with E-state index in [2.05, 4.69) is 9.97 Å². The van der Waals surface area contributed by atoms with Gasteiger partial charge in [0.2, 0.25) is 0 Å². The minimum absolute atomic E-state index is 0.178. The summed E-state index contributed by atoms with van der Waals surface area (Å²) in [5.41, 5.74) is -0.394. The van der Waals surface area contributed by atoms with Crippen LogP contribution in [0.4, 0.5) is 13.2 Å². The van der Waals surface area contributed by atoms with E-state index in [9.17, 15) is 18.0 Å². The Kier molecular flexibility index (Phi) is 3.92. The summed E-state index contributed by atoms with van der Waals surface area (Å²) < 4.78 is 38.8. The van der Waals surface area contributed by atoms with E-state index in [1.54, 1.807) is 11.6 Å². The first-order valence-corrected chi connectivity index (χ1v) is 7.92. The number of thioether (sulfide) groups is 1. The molecule has 0 aliphatic carbocycles. The third-order valence-corrected chi connectivity index (χ3v) is 4.52. The normalized spacial score (nSPS) is 12.0. The molecule has 0 atom stereocenters. The minimum atomic E-state index is -4.39. The molecule has 0 unspecified atom stereocenters. The molecule has 0 bridgehead atoms. The van der Waals surface area contributed by atoms with Gasteiger partial charge in [-0.15, -0.1) is 23.1 Å². The molecular weight excluding hydrogens is 335 g/mol. The molecule has 0 saturated heterocycles. The zero-order valence-corrected chi connectivity index (χ0v) is 12.5. The number of hydrogen-bond donors (Lipinski definition) is 0. The van der Waals surface area contributed by atoms with Gasteiger partial charge in [-0.3, -0.25) is 9.20 Å². The third kappa shape index (κ3) is 3.14. The van der Waals surface area contributed by atoms with Crippen molar-refractivity contribution in [2.45, 2.75) is 17.0 Å². The maximum atomic E-state index is 12.4. The van der Waals surface area contributed by atoms with Crippen LogP contribution in [-0.2, 0) is 11.9 Å². The van der Waals surface area contributed by atoms with Gasteiger partial charge in [0.15, 0.2) is 4.96 Å². The maximum Gasteiger partial charge on any atom is 0.417 e. The van der Waals surface area contributed by atoms with Crippen LogP contribution < -0.4 is 5.56 Å². The molecule has 3 rings (SSSR count). The number of rotatable bonds is 3. The van der Waals surface area contributed by atoms with Crippen LogP contribution in [0.25, 0.3) is 4.96 Å². The Morgan fingerprint density at radius 1 is 1.32 bits per heavy atom. The highest BCUT2D eigenvalue weighted by Gasteiger charge is 2.30. The van der Waals surface area contributed by atoms with E-state index in [0.29, 0.717) is 21.4 Å². The van der Waals surface area contributed by atoms with Crippen LogP contribution in [0.2, 0.25) is 0 Å². The summed E-state index contributed by atoms with van der Waals surface area (Å²) in [5, 5.41) is 2.21. The lowest BCUT2D eigenvalue weighted by molar-refractivity contribution is -0.137. The summed E-state index contributed by atoms with van der Waals surface area (Å²) >= 11 is 2.57. The van der Waals surface area contributed by atoms with E-state index in [0.717, 1.165) is 12.3 Å². The number of pyridine rings is 1. The van der Waals surface area contributed by atoms with E-state index in [1.807, 2.05) is 0 Å². The van der Waals surface area contributed by atoms with Crippen molar-refractivity contribution in [2.24, 2.45) is 0 Å². The van der Waals surface area contributed by atoms with Gasteiger partial charge in [0.1, 0.15) is 0 Å². The number of hydrogen-bond acceptors (Lipinski definition) is 5. The van der Waals surface area contributed by atoms with Crippen molar-refractivity contribution >= 4 is 28.1 Å². The van der Waals surface area contributed by atoms with Gasteiger partial charge in [0.05, 0.1) is 16.3 Å². The molecule has 4 nitrogen and oxygen atoms in total. The average Bonchev–Trinajstić information content (AvgIpc) is 2.93. The second-order valence-corrected chi connectivity index (χ2v) is 6.18. The molecule has 0 saturated carbocycles. The van der Waals surface area contributed by atoms with Gasteiger partial charge in [0.25, 0.3) is 5.56 Å². The molecular formula is C13H8F3N3OS2.